The third-order valence-electron chi connectivity index (χ3n) is 2.01. The van der Waals surface area contributed by atoms with E-state index in [1.807, 2.05) is 31.2 Å². The lowest BCUT2D eigenvalue weighted by Gasteiger charge is -2.16. The van der Waals surface area contributed by atoms with E-state index in [4.69, 9.17) is 27.4 Å². The van der Waals surface area contributed by atoms with Crippen LogP contribution in [0, 0.1) is 0 Å². The molecule has 1 aromatic carbocycles. The fourth-order valence-electron chi connectivity index (χ4n) is 1.29. The summed E-state index contributed by atoms with van der Waals surface area (Å²) in [6.07, 6.45) is -0.309. The highest BCUT2D eigenvalue weighted by molar-refractivity contribution is 7.80. The molecule has 0 heterocycles. The summed E-state index contributed by atoms with van der Waals surface area (Å²) < 4.78 is 10.5. The van der Waals surface area contributed by atoms with E-state index in [0.717, 1.165) is 11.3 Å². The van der Waals surface area contributed by atoms with Crippen molar-refractivity contribution in [3.8, 4) is 5.75 Å². The number of hydrogen-bond donors (Lipinski definition) is 1. The molecule has 0 saturated carbocycles. The van der Waals surface area contributed by atoms with Gasteiger partial charge in [-0.25, -0.2) is 0 Å². The van der Waals surface area contributed by atoms with Gasteiger partial charge in [-0.05, 0) is 24.6 Å². The van der Waals surface area contributed by atoms with Crippen molar-refractivity contribution in [1.29, 1.82) is 0 Å². The van der Waals surface area contributed by atoms with Crippen LogP contribution in [0.4, 0.5) is 0 Å². The van der Waals surface area contributed by atoms with Gasteiger partial charge in [-0.3, -0.25) is 0 Å². The Labute approximate surface area is 95.2 Å². The molecule has 3 nitrogen and oxygen atoms in total. The Balaban J connectivity index is 2.86. The number of hydrogen-bond acceptors (Lipinski definition) is 3. The first-order valence-electron chi connectivity index (χ1n) is 4.74. The van der Waals surface area contributed by atoms with Crippen LogP contribution < -0.4 is 10.5 Å². The molecule has 2 N–H and O–H groups in total. The number of thiocarbonyl (C=S) groups is 1. The number of rotatable bonds is 5. The third-order valence-corrected chi connectivity index (χ3v) is 2.22. The van der Waals surface area contributed by atoms with Gasteiger partial charge in [0.1, 0.15) is 16.8 Å². The Morgan fingerprint density at radius 3 is 2.40 bits per heavy atom. The number of benzene rings is 1. The van der Waals surface area contributed by atoms with E-state index in [0.29, 0.717) is 11.6 Å². The van der Waals surface area contributed by atoms with Crippen LogP contribution in [0.1, 0.15) is 18.6 Å². The molecule has 0 bridgehead atoms. The van der Waals surface area contributed by atoms with Crippen LogP contribution in [0.15, 0.2) is 24.3 Å². The van der Waals surface area contributed by atoms with E-state index in [1.54, 1.807) is 7.11 Å². The number of nitrogens with two attached hydrogens (primary N) is 1. The minimum Gasteiger partial charge on any atom is -0.497 e. The van der Waals surface area contributed by atoms with Gasteiger partial charge >= 0.3 is 0 Å². The highest BCUT2D eigenvalue weighted by atomic mass is 32.1. The predicted octanol–water partition coefficient (Wildman–Crippen LogP) is 2.06. The lowest BCUT2D eigenvalue weighted by Crippen LogP contribution is -2.21. The molecule has 0 aliphatic heterocycles. The third kappa shape index (κ3) is 3.18. The zero-order valence-electron chi connectivity index (χ0n) is 8.90. The molecular weight excluding hydrogens is 210 g/mol. The van der Waals surface area contributed by atoms with Crippen molar-refractivity contribution >= 4 is 17.2 Å². The van der Waals surface area contributed by atoms with Crippen molar-refractivity contribution in [2.75, 3.05) is 13.7 Å². The van der Waals surface area contributed by atoms with Crippen molar-refractivity contribution in [2.45, 2.75) is 13.0 Å². The zero-order chi connectivity index (χ0) is 11.3. The topological polar surface area (TPSA) is 44.5 Å². The van der Waals surface area contributed by atoms with Crippen LogP contribution in [0.25, 0.3) is 0 Å². The maximum atomic E-state index is 5.60. The molecule has 0 amide bonds. The first-order valence-corrected chi connectivity index (χ1v) is 5.14. The average Bonchev–Trinajstić information content (AvgIpc) is 2.26. The van der Waals surface area contributed by atoms with Crippen LogP contribution in [0.2, 0.25) is 0 Å². The molecule has 1 unspecified atom stereocenters. The highest BCUT2D eigenvalue weighted by Crippen LogP contribution is 2.20. The summed E-state index contributed by atoms with van der Waals surface area (Å²) >= 11 is 4.95. The van der Waals surface area contributed by atoms with E-state index in [2.05, 4.69) is 0 Å². The van der Waals surface area contributed by atoms with E-state index < -0.39 is 0 Å². The predicted molar refractivity (Wildman–Crippen MR) is 64.1 cm³/mol. The first kappa shape index (κ1) is 11.9. The number of methoxy groups -OCH3 is 1. The first-order chi connectivity index (χ1) is 7.19. The molecule has 1 atom stereocenters. The summed E-state index contributed by atoms with van der Waals surface area (Å²) in [5.74, 6) is 0.803. The average molecular weight is 225 g/mol. The van der Waals surface area contributed by atoms with E-state index in [9.17, 15) is 0 Å². The van der Waals surface area contributed by atoms with E-state index in [-0.39, 0.29) is 6.10 Å². The Hall–Kier alpha value is -1.13. The van der Waals surface area contributed by atoms with Gasteiger partial charge < -0.3 is 15.2 Å². The summed E-state index contributed by atoms with van der Waals surface area (Å²) in [6.45, 7) is 2.49. The molecule has 82 valence electrons. The molecule has 4 heteroatoms. The summed E-state index contributed by atoms with van der Waals surface area (Å²) in [5, 5.41) is 0. The van der Waals surface area contributed by atoms with Gasteiger partial charge in [-0.2, -0.15) is 0 Å². The smallest absolute Gasteiger partial charge is 0.132 e. The van der Waals surface area contributed by atoms with Crippen molar-refractivity contribution in [2.24, 2.45) is 5.73 Å². The molecule has 0 spiro atoms. The van der Waals surface area contributed by atoms with Crippen LogP contribution >= 0.6 is 12.2 Å². The molecule has 0 saturated heterocycles. The SMILES string of the molecule is CCOC(C(N)=S)c1ccc(OC)cc1. The maximum Gasteiger partial charge on any atom is 0.132 e. The lowest BCUT2D eigenvalue weighted by molar-refractivity contribution is 0.111. The fourth-order valence-corrected chi connectivity index (χ4v) is 1.49. The van der Waals surface area contributed by atoms with Crippen LogP contribution in [-0.2, 0) is 4.74 Å². The van der Waals surface area contributed by atoms with Crippen LogP contribution in [0.3, 0.4) is 0 Å². The summed E-state index contributed by atoms with van der Waals surface area (Å²) in [5.41, 5.74) is 6.55. The summed E-state index contributed by atoms with van der Waals surface area (Å²) in [4.78, 5) is 0.349. The second-order valence-corrected chi connectivity index (χ2v) is 3.48. The van der Waals surface area contributed by atoms with Gasteiger partial charge in [0.25, 0.3) is 0 Å². The Morgan fingerprint density at radius 2 is 2.00 bits per heavy atom. The molecular formula is C11H15NO2S. The Bertz CT molecular complexity index is 324. The quantitative estimate of drug-likeness (QED) is 0.779. The molecule has 1 rings (SSSR count). The largest absolute Gasteiger partial charge is 0.497 e. The van der Waals surface area contributed by atoms with Crippen LogP contribution in [-0.4, -0.2) is 18.7 Å². The molecule has 0 fully saturated rings. The molecule has 0 aromatic heterocycles. The lowest BCUT2D eigenvalue weighted by atomic mass is 10.1. The van der Waals surface area contributed by atoms with Crippen molar-refractivity contribution in [1.82, 2.24) is 0 Å². The molecule has 0 aliphatic rings. The monoisotopic (exact) mass is 225 g/mol. The summed E-state index contributed by atoms with van der Waals surface area (Å²) in [7, 11) is 1.63. The van der Waals surface area contributed by atoms with Gasteiger partial charge in [-0.1, -0.05) is 24.4 Å². The maximum absolute atomic E-state index is 5.60. The fraction of sp³-hybridized carbons (Fsp3) is 0.364. The van der Waals surface area contributed by atoms with E-state index >= 15 is 0 Å². The molecule has 0 radical (unpaired) electrons. The van der Waals surface area contributed by atoms with E-state index in [1.165, 1.54) is 0 Å². The van der Waals surface area contributed by atoms with Crippen LogP contribution in [0.5, 0.6) is 5.75 Å². The van der Waals surface area contributed by atoms with Gasteiger partial charge in [0.15, 0.2) is 0 Å². The molecule has 0 aliphatic carbocycles. The Morgan fingerprint density at radius 1 is 1.40 bits per heavy atom. The van der Waals surface area contributed by atoms with Gasteiger partial charge in [0, 0.05) is 6.61 Å². The van der Waals surface area contributed by atoms with Gasteiger partial charge in [0.2, 0.25) is 0 Å². The zero-order valence-corrected chi connectivity index (χ0v) is 9.71. The van der Waals surface area contributed by atoms with Gasteiger partial charge in [-0.15, -0.1) is 0 Å². The van der Waals surface area contributed by atoms with Crippen molar-refractivity contribution in [3.05, 3.63) is 29.8 Å². The minimum atomic E-state index is -0.309. The second-order valence-electron chi connectivity index (χ2n) is 3.01. The Kier molecular flexibility index (Phi) is 4.52. The number of ether oxygens (including phenoxy) is 2. The summed E-state index contributed by atoms with van der Waals surface area (Å²) in [6, 6.07) is 7.52. The van der Waals surface area contributed by atoms with Gasteiger partial charge in [0.05, 0.1) is 7.11 Å². The normalized spacial score (nSPS) is 12.1. The molecule has 15 heavy (non-hydrogen) atoms. The second kappa shape index (κ2) is 5.68. The molecule has 1 aromatic rings. The standard InChI is InChI=1S/C11H15NO2S/c1-3-14-10(11(12)15)8-4-6-9(13-2)7-5-8/h4-7,10H,3H2,1-2H3,(H2,12,15). The van der Waals surface area contributed by atoms with Crippen molar-refractivity contribution in [3.63, 3.8) is 0 Å². The van der Waals surface area contributed by atoms with Crippen molar-refractivity contribution < 1.29 is 9.47 Å². The highest BCUT2D eigenvalue weighted by Gasteiger charge is 2.14. The minimum absolute atomic E-state index is 0.309.